The van der Waals surface area contributed by atoms with Gasteiger partial charge < -0.3 is 15.4 Å². The number of nitrogens with two attached hydrogens (primary N) is 1. The number of hydrogen-bond acceptors (Lipinski definition) is 5. The maximum atomic E-state index is 13.3. The summed E-state index contributed by atoms with van der Waals surface area (Å²) in [6, 6.07) is 3.17. The first kappa shape index (κ1) is 20.4. The van der Waals surface area contributed by atoms with Crippen LogP contribution in [0.3, 0.4) is 0 Å². The molecule has 0 unspecified atom stereocenters. The van der Waals surface area contributed by atoms with Gasteiger partial charge in [0, 0.05) is 18.5 Å². The fraction of sp³-hybridized carbons (Fsp3) is 0.579. The Kier molecular flexibility index (Phi) is 6.12. The Morgan fingerprint density at radius 2 is 1.82 bits per heavy atom. The van der Waals surface area contributed by atoms with Crippen LogP contribution in [0.1, 0.15) is 44.1 Å². The number of carbonyl (C=O) groups excluding carboxylic acids is 2. The first-order valence-electron chi connectivity index (χ1n) is 9.43. The van der Waals surface area contributed by atoms with Gasteiger partial charge in [0.1, 0.15) is 5.75 Å². The Morgan fingerprint density at radius 1 is 1.11 bits per heavy atom. The number of imide groups is 1. The lowest BCUT2D eigenvalue weighted by atomic mass is 9.90. The third-order valence-electron chi connectivity index (χ3n) is 5.18. The van der Waals surface area contributed by atoms with Crippen molar-refractivity contribution in [1.82, 2.24) is 5.32 Å². The Labute approximate surface area is 161 Å². The molecule has 6 nitrogen and oxygen atoms in total. The summed E-state index contributed by atoms with van der Waals surface area (Å²) in [5.41, 5.74) is 5.37. The molecule has 0 atom stereocenters. The lowest BCUT2D eigenvalue weighted by molar-refractivity contribution is -0.137. The third-order valence-corrected chi connectivity index (χ3v) is 5.18. The molecular weight excluding hydrogens is 375 g/mol. The highest BCUT2D eigenvalue weighted by molar-refractivity contribution is 5.97. The maximum Gasteiger partial charge on any atom is 0.416 e. The molecule has 1 aliphatic heterocycles. The zero-order valence-corrected chi connectivity index (χ0v) is 15.4. The molecule has 0 aromatic heterocycles. The van der Waals surface area contributed by atoms with Crippen molar-refractivity contribution >= 4 is 17.5 Å². The predicted molar refractivity (Wildman–Crippen MR) is 96.9 cm³/mol. The highest BCUT2D eigenvalue weighted by Crippen LogP contribution is 2.39. The van der Waals surface area contributed by atoms with Crippen LogP contribution in [0.4, 0.5) is 18.9 Å². The number of nitrogens with zero attached hydrogens (tertiary/aromatic N) is 1. The van der Waals surface area contributed by atoms with Gasteiger partial charge in [0.05, 0.1) is 24.4 Å². The molecule has 9 heteroatoms. The van der Waals surface area contributed by atoms with Gasteiger partial charge in [0.2, 0.25) is 11.8 Å². The number of hydrogen-bond donors (Lipinski definition) is 2. The molecule has 2 amide bonds. The van der Waals surface area contributed by atoms with E-state index in [0.717, 1.165) is 25.0 Å². The molecule has 3 N–H and O–H groups in total. The molecule has 154 valence electrons. The average molecular weight is 399 g/mol. The van der Waals surface area contributed by atoms with E-state index in [1.54, 1.807) is 4.90 Å². The second kappa shape index (κ2) is 8.38. The number of anilines is 1. The van der Waals surface area contributed by atoms with E-state index in [9.17, 15) is 22.8 Å². The van der Waals surface area contributed by atoms with Crippen LogP contribution in [-0.2, 0) is 15.8 Å². The van der Waals surface area contributed by atoms with Crippen molar-refractivity contribution in [2.45, 2.75) is 56.8 Å². The Hall–Kier alpha value is -2.29. The summed E-state index contributed by atoms with van der Waals surface area (Å²) >= 11 is 0. The lowest BCUT2D eigenvalue weighted by Gasteiger charge is -2.38. The summed E-state index contributed by atoms with van der Waals surface area (Å²) < 4.78 is 45.6. The van der Waals surface area contributed by atoms with Crippen molar-refractivity contribution in [2.24, 2.45) is 5.73 Å². The van der Waals surface area contributed by atoms with Crippen molar-refractivity contribution in [2.75, 3.05) is 18.1 Å². The van der Waals surface area contributed by atoms with Gasteiger partial charge in [-0.25, -0.2) is 0 Å². The van der Waals surface area contributed by atoms with E-state index in [-0.39, 0.29) is 43.1 Å². The van der Waals surface area contributed by atoms with Crippen LogP contribution < -0.4 is 20.7 Å². The zero-order chi connectivity index (χ0) is 20.3. The summed E-state index contributed by atoms with van der Waals surface area (Å²) in [7, 11) is 0. The standard InChI is InChI=1S/C19H24F3N3O3/c20-19(21,22)12-3-8-16-15(10-12)25(14-6-4-13(23)5-7-14)11-18(27)24-17(26)2-1-9-28-16/h3,8,10,13-14H,1-2,4-7,9,11,23H2,(H,24,26,27)/t13-,14-. The van der Waals surface area contributed by atoms with Crippen molar-refractivity contribution < 1.29 is 27.5 Å². The fourth-order valence-electron chi connectivity index (χ4n) is 3.69. The number of rotatable bonds is 1. The van der Waals surface area contributed by atoms with Crippen molar-refractivity contribution in [3.8, 4) is 5.75 Å². The summed E-state index contributed by atoms with van der Waals surface area (Å²) in [5.74, 6) is -0.670. The zero-order valence-electron chi connectivity index (χ0n) is 15.4. The van der Waals surface area contributed by atoms with Crippen LogP contribution >= 0.6 is 0 Å². The number of fused-ring (bicyclic) bond motifs is 1. The number of amides is 2. The molecule has 2 aliphatic rings. The van der Waals surface area contributed by atoms with E-state index in [2.05, 4.69) is 5.32 Å². The van der Waals surface area contributed by atoms with E-state index in [0.29, 0.717) is 19.3 Å². The molecule has 0 spiro atoms. The second-order valence-corrected chi connectivity index (χ2v) is 7.30. The minimum Gasteiger partial charge on any atom is -0.491 e. The number of benzene rings is 1. The largest absolute Gasteiger partial charge is 0.491 e. The first-order valence-corrected chi connectivity index (χ1v) is 9.43. The molecular formula is C19H24F3N3O3. The SMILES string of the molecule is N[C@H]1CC[C@H](N2CC(=O)NC(=O)CCCOc3ccc(C(F)(F)F)cc32)CC1. The number of nitrogens with one attached hydrogen (secondary N) is 1. The molecule has 0 bridgehead atoms. The van der Waals surface area contributed by atoms with Crippen molar-refractivity contribution in [1.29, 1.82) is 0 Å². The minimum absolute atomic E-state index is 0.0489. The number of alkyl halides is 3. The number of halogens is 3. The van der Waals surface area contributed by atoms with E-state index < -0.39 is 23.6 Å². The average Bonchev–Trinajstić information content (AvgIpc) is 2.65. The van der Waals surface area contributed by atoms with E-state index in [1.165, 1.54) is 6.07 Å². The fourth-order valence-corrected chi connectivity index (χ4v) is 3.69. The van der Waals surface area contributed by atoms with E-state index in [1.807, 2.05) is 0 Å². The van der Waals surface area contributed by atoms with Crippen LogP contribution in [-0.4, -0.2) is 37.0 Å². The molecule has 0 saturated heterocycles. The maximum absolute atomic E-state index is 13.3. The van der Waals surface area contributed by atoms with E-state index in [4.69, 9.17) is 10.5 Å². The number of ether oxygens (including phenoxy) is 1. The quantitative estimate of drug-likeness (QED) is 0.709. The summed E-state index contributed by atoms with van der Waals surface area (Å²) in [6.45, 7) is -0.0489. The predicted octanol–water partition coefficient (Wildman–Crippen LogP) is 2.60. The molecule has 1 aliphatic carbocycles. The second-order valence-electron chi connectivity index (χ2n) is 7.30. The van der Waals surface area contributed by atoms with Gasteiger partial charge in [-0.15, -0.1) is 0 Å². The van der Waals surface area contributed by atoms with Crippen LogP contribution in [0.25, 0.3) is 0 Å². The van der Waals surface area contributed by atoms with Gasteiger partial charge in [-0.2, -0.15) is 13.2 Å². The van der Waals surface area contributed by atoms with Crippen LogP contribution in [0.5, 0.6) is 5.75 Å². The summed E-state index contributed by atoms with van der Waals surface area (Å²) in [4.78, 5) is 25.8. The van der Waals surface area contributed by atoms with Crippen LogP contribution in [0, 0.1) is 0 Å². The lowest BCUT2D eigenvalue weighted by Crippen LogP contribution is -2.47. The third kappa shape index (κ3) is 4.95. The topological polar surface area (TPSA) is 84.7 Å². The minimum atomic E-state index is -4.51. The van der Waals surface area contributed by atoms with Crippen LogP contribution in [0.15, 0.2) is 18.2 Å². The van der Waals surface area contributed by atoms with Crippen molar-refractivity contribution in [3.63, 3.8) is 0 Å². The van der Waals surface area contributed by atoms with Gasteiger partial charge >= 0.3 is 6.18 Å². The highest BCUT2D eigenvalue weighted by Gasteiger charge is 2.34. The van der Waals surface area contributed by atoms with E-state index >= 15 is 0 Å². The molecule has 3 rings (SSSR count). The smallest absolute Gasteiger partial charge is 0.416 e. The van der Waals surface area contributed by atoms with Gasteiger partial charge in [0.15, 0.2) is 0 Å². The summed E-state index contributed by atoms with van der Waals surface area (Å²) in [6.07, 6.45) is -1.30. The van der Waals surface area contributed by atoms with Crippen LogP contribution in [0.2, 0.25) is 0 Å². The monoisotopic (exact) mass is 399 g/mol. The molecule has 1 aromatic carbocycles. The van der Waals surface area contributed by atoms with Gasteiger partial charge in [-0.1, -0.05) is 0 Å². The van der Waals surface area contributed by atoms with Gasteiger partial charge in [0.25, 0.3) is 0 Å². The Morgan fingerprint density at radius 3 is 2.50 bits per heavy atom. The Bertz CT molecular complexity index is 731. The number of carbonyl (C=O) groups is 2. The molecule has 1 heterocycles. The molecule has 1 aromatic rings. The first-order chi connectivity index (χ1) is 13.2. The Balaban J connectivity index is 2.01. The highest BCUT2D eigenvalue weighted by atomic mass is 19.4. The molecule has 28 heavy (non-hydrogen) atoms. The normalized spacial score (nSPS) is 24.6. The molecule has 0 radical (unpaired) electrons. The molecule has 1 saturated carbocycles. The summed E-state index contributed by atoms with van der Waals surface area (Å²) in [5, 5.41) is 2.31. The molecule has 1 fully saturated rings. The van der Waals surface area contributed by atoms with Gasteiger partial charge in [-0.3, -0.25) is 14.9 Å². The van der Waals surface area contributed by atoms with Crippen molar-refractivity contribution in [3.05, 3.63) is 23.8 Å². The van der Waals surface area contributed by atoms with Gasteiger partial charge in [-0.05, 0) is 50.3 Å².